The number of rotatable bonds is 7. The van der Waals surface area contributed by atoms with Crippen LogP contribution in [0.5, 0.6) is 0 Å². The van der Waals surface area contributed by atoms with Crippen LogP contribution >= 0.6 is 11.3 Å². The molecule has 0 saturated heterocycles. The lowest BCUT2D eigenvalue weighted by atomic mass is 10.3. The summed E-state index contributed by atoms with van der Waals surface area (Å²) in [4.78, 5) is 18.3. The van der Waals surface area contributed by atoms with Crippen molar-refractivity contribution < 1.29 is 9.53 Å². The molecule has 0 aromatic carbocycles. The summed E-state index contributed by atoms with van der Waals surface area (Å²) in [5, 5.41) is 9.87. The van der Waals surface area contributed by atoms with Gasteiger partial charge in [-0.2, -0.15) is 5.10 Å². The molecule has 6 nitrogen and oxygen atoms in total. The zero-order valence-electron chi connectivity index (χ0n) is 12.5. The highest BCUT2D eigenvalue weighted by Gasteiger charge is 2.16. The van der Waals surface area contributed by atoms with E-state index < -0.39 is 0 Å². The minimum Gasteiger partial charge on any atom is -0.378 e. The quantitative estimate of drug-likeness (QED) is 0.851. The Bertz CT molecular complexity index is 593. The zero-order chi connectivity index (χ0) is 15.2. The van der Waals surface area contributed by atoms with Crippen molar-refractivity contribution in [2.24, 2.45) is 0 Å². The molecule has 0 radical (unpaired) electrons. The molecule has 2 aromatic heterocycles. The van der Waals surface area contributed by atoms with E-state index in [-0.39, 0.29) is 5.91 Å². The number of nitrogens with zero attached hydrogens (tertiary/aromatic N) is 3. The number of aromatic nitrogens is 3. The molecule has 1 amide bonds. The first-order chi connectivity index (χ1) is 10.1. The van der Waals surface area contributed by atoms with E-state index in [4.69, 9.17) is 4.74 Å². The Morgan fingerprint density at radius 1 is 1.52 bits per heavy atom. The van der Waals surface area contributed by atoms with Crippen molar-refractivity contribution in [2.45, 2.75) is 32.9 Å². The largest absolute Gasteiger partial charge is 0.378 e. The van der Waals surface area contributed by atoms with Crippen molar-refractivity contribution >= 4 is 17.2 Å². The Hall–Kier alpha value is -1.73. The summed E-state index contributed by atoms with van der Waals surface area (Å²) >= 11 is 1.54. The van der Waals surface area contributed by atoms with E-state index in [0.717, 1.165) is 29.2 Å². The molecule has 7 heteroatoms. The second kappa shape index (κ2) is 7.33. The molecule has 0 aliphatic carbocycles. The van der Waals surface area contributed by atoms with E-state index in [2.05, 4.69) is 22.1 Å². The predicted octanol–water partition coefficient (Wildman–Crippen LogP) is 2.24. The van der Waals surface area contributed by atoms with Gasteiger partial charge in [0.1, 0.15) is 5.69 Å². The number of thiazole rings is 1. The van der Waals surface area contributed by atoms with E-state index in [1.165, 1.54) is 0 Å². The summed E-state index contributed by atoms with van der Waals surface area (Å²) < 4.78 is 5.02. The second-order valence-electron chi connectivity index (χ2n) is 4.86. The predicted molar refractivity (Wildman–Crippen MR) is 81.2 cm³/mol. The van der Waals surface area contributed by atoms with Gasteiger partial charge in [-0.3, -0.25) is 9.89 Å². The van der Waals surface area contributed by atoms with E-state index in [0.29, 0.717) is 18.8 Å². The Labute approximate surface area is 128 Å². The van der Waals surface area contributed by atoms with Gasteiger partial charge in [0.2, 0.25) is 0 Å². The van der Waals surface area contributed by atoms with Gasteiger partial charge in [0.25, 0.3) is 5.91 Å². The number of hydrogen-bond acceptors (Lipinski definition) is 5. The number of amides is 1. The SMILES string of the molecule is CCCc1nc(C(=O)N(C)Cc2cc(COC)n[nH]2)cs1. The van der Waals surface area contributed by atoms with Crippen LogP contribution in [-0.4, -0.2) is 40.1 Å². The lowest BCUT2D eigenvalue weighted by Crippen LogP contribution is -2.26. The molecule has 0 bridgehead atoms. The van der Waals surface area contributed by atoms with Gasteiger partial charge in [0.15, 0.2) is 0 Å². The number of aryl methyl sites for hydroxylation is 1. The third kappa shape index (κ3) is 4.12. The maximum absolute atomic E-state index is 12.3. The second-order valence-corrected chi connectivity index (χ2v) is 5.80. The third-order valence-corrected chi connectivity index (χ3v) is 3.87. The molecule has 0 saturated carbocycles. The van der Waals surface area contributed by atoms with Crippen LogP contribution in [-0.2, 0) is 24.3 Å². The highest BCUT2D eigenvalue weighted by molar-refractivity contribution is 7.09. The molecule has 2 rings (SSSR count). The molecule has 0 spiro atoms. The molecule has 1 N–H and O–H groups in total. The molecule has 0 unspecified atom stereocenters. The molecule has 21 heavy (non-hydrogen) atoms. The lowest BCUT2D eigenvalue weighted by molar-refractivity contribution is 0.0778. The van der Waals surface area contributed by atoms with Gasteiger partial charge >= 0.3 is 0 Å². The average molecular weight is 308 g/mol. The summed E-state index contributed by atoms with van der Waals surface area (Å²) in [7, 11) is 3.39. The molecular weight excluding hydrogens is 288 g/mol. The fraction of sp³-hybridized carbons (Fsp3) is 0.500. The smallest absolute Gasteiger partial charge is 0.273 e. The van der Waals surface area contributed by atoms with Crippen molar-refractivity contribution in [3.8, 4) is 0 Å². The summed E-state index contributed by atoms with van der Waals surface area (Å²) in [5.41, 5.74) is 2.22. The molecule has 2 aromatic rings. The zero-order valence-corrected chi connectivity index (χ0v) is 13.4. The first-order valence-electron chi connectivity index (χ1n) is 6.86. The maximum Gasteiger partial charge on any atom is 0.273 e. The van der Waals surface area contributed by atoms with E-state index in [9.17, 15) is 4.79 Å². The number of methoxy groups -OCH3 is 1. The number of H-pyrrole nitrogens is 1. The molecule has 0 atom stereocenters. The van der Waals surface area contributed by atoms with Crippen LogP contribution in [0.2, 0.25) is 0 Å². The molecule has 0 aliphatic heterocycles. The van der Waals surface area contributed by atoms with Gasteiger partial charge in [0, 0.05) is 19.5 Å². The van der Waals surface area contributed by atoms with Gasteiger partial charge < -0.3 is 9.64 Å². The van der Waals surface area contributed by atoms with Crippen LogP contribution in [0.15, 0.2) is 11.4 Å². The van der Waals surface area contributed by atoms with Crippen LogP contribution in [0.4, 0.5) is 0 Å². The summed E-state index contributed by atoms with van der Waals surface area (Å²) in [6.07, 6.45) is 1.95. The van der Waals surface area contributed by atoms with Gasteiger partial charge in [-0.25, -0.2) is 4.98 Å². The fourth-order valence-corrected chi connectivity index (χ4v) is 2.85. The van der Waals surface area contributed by atoms with Gasteiger partial charge in [0.05, 0.1) is 29.5 Å². The summed E-state index contributed by atoms with van der Waals surface area (Å²) in [6.45, 7) is 3.03. The van der Waals surface area contributed by atoms with Crippen LogP contribution < -0.4 is 0 Å². The highest BCUT2D eigenvalue weighted by Crippen LogP contribution is 2.14. The van der Waals surface area contributed by atoms with Gasteiger partial charge in [-0.05, 0) is 18.9 Å². The number of aromatic amines is 1. The van der Waals surface area contributed by atoms with E-state index in [1.807, 2.05) is 11.4 Å². The average Bonchev–Trinajstić information content (AvgIpc) is 3.09. The number of carbonyl (C=O) groups excluding carboxylic acids is 1. The van der Waals surface area contributed by atoms with Crippen molar-refractivity contribution in [1.82, 2.24) is 20.1 Å². The number of ether oxygens (including phenoxy) is 1. The standard InChI is InChI=1S/C14H20N4O2S/c1-4-5-13-15-12(9-21-13)14(19)18(2)7-10-6-11(8-20-3)17-16-10/h6,9H,4-5,7-8H2,1-3H3,(H,16,17). The first kappa shape index (κ1) is 15.7. The Balaban J connectivity index is 1.97. The molecule has 114 valence electrons. The van der Waals surface area contributed by atoms with Crippen LogP contribution in [0, 0.1) is 0 Å². The lowest BCUT2D eigenvalue weighted by Gasteiger charge is -2.14. The van der Waals surface area contributed by atoms with Crippen molar-refractivity contribution in [3.05, 3.63) is 33.5 Å². The molecular formula is C14H20N4O2S. The molecule has 2 heterocycles. The Kier molecular flexibility index (Phi) is 5.46. The summed E-state index contributed by atoms with van der Waals surface area (Å²) in [5.74, 6) is -0.0727. The Morgan fingerprint density at radius 3 is 3.05 bits per heavy atom. The monoisotopic (exact) mass is 308 g/mol. The molecule has 0 fully saturated rings. The highest BCUT2D eigenvalue weighted by atomic mass is 32.1. The van der Waals surface area contributed by atoms with Crippen molar-refractivity contribution in [2.75, 3.05) is 14.2 Å². The van der Waals surface area contributed by atoms with Crippen LogP contribution in [0.3, 0.4) is 0 Å². The molecule has 0 aliphatic rings. The van der Waals surface area contributed by atoms with Crippen molar-refractivity contribution in [1.29, 1.82) is 0 Å². The van der Waals surface area contributed by atoms with E-state index in [1.54, 1.807) is 30.4 Å². The first-order valence-corrected chi connectivity index (χ1v) is 7.74. The van der Waals surface area contributed by atoms with E-state index >= 15 is 0 Å². The Morgan fingerprint density at radius 2 is 2.33 bits per heavy atom. The minimum atomic E-state index is -0.0727. The van der Waals surface area contributed by atoms with Crippen molar-refractivity contribution in [3.63, 3.8) is 0 Å². The fourth-order valence-electron chi connectivity index (χ4n) is 1.97. The van der Waals surface area contributed by atoms with Gasteiger partial charge in [-0.1, -0.05) is 6.92 Å². The van der Waals surface area contributed by atoms with Gasteiger partial charge in [-0.15, -0.1) is 11.3 Å². The maximum atomic E-state index is 12.3. The van der Waals surface area contributed by atoms with Crippen LogP contribution in [0.1, 0.15) is 40.2 Å². The number of hydrogen-bond donors (Lipinski definition) is 1. The third-order valence-electron chi connectivity index (χ3n) is 2.97. The normalized spacial score (nSPS) is 10.8. The minimum absolute atomic E-state index is 0.0727. The summed E-state index contributed by atoms with van der Waals surface area (Å²) in [6, 6.07) is 1.90. The number of carbonyl (C=O) groups is 1. The topological polar surface area (TPSA) is 71.1 Å². The number of nitrogens with one attached hydrogen (secondary N) is 1. The van der Waals surface area contributed by atoms with Crippen LogP contribution in [0.25, 0.3) is 0 Å².